The third-order valence-electron chi connectivity index (χ3n) is 4.78. The van der Waals surface area contributed by atoms with E-state index in [1.807, 2.05) is 12.2 Å². The molecule has 4 atom stereocenters. The van der Waals surface area contributed by atoms with Gasteiger partial charge < -0.3 is 15.3 Å². The Morgan fingerprint density at radius 1 is 1.04 bits per heavy atom. The highest BCUT2D eigenvalue weighted by Crippen LogP contribution is 2.36. The molecule has 0 bridgehead atoms. The number of hydrogen-bond donors (Lipinski definition) is 3. The average Bonchev–Trinajstić information content (AvgIpc) is 2.82. The van der Waals surface area contributed by atoms with Crippen molar-refractivity contribution in [1.29, 1.82) is 0 Å². The van der Waals surface area contributed by atoms with E-state index in [-0.39, 0.29) is 24.0 Å². The Labute approximate surface area is 150 Å². The molecule has 1 saturated carbocycles. The second-order valence-corrected chi connectivity index (χ2v) is 6.89. The second kappa shape index (κ2) is 12.0. The van der Waals surface area contributed by atoms with Gasteiger partial charge in [0.05, 0.1) is 12.2 Å². The maximum Gasteiger partial charge on any atom is 0.303 e. The van der Waals surface area contributed by atoms with Crippen LogP contribution in [0.15, 0.2) is 24.3 Å². The first kappa shape index (κ1) is 21.6. The predicted octanol–water partition coefficient (Wildman–Crippen LogP) is 3.25. The van der Waals surface area contributed by atoms with Crippen LogP contribution in [-0.2, 0) is 9.59 Å². The summed E-state index contributed by atoms with van der Waals surface area (Å²) in [5.41, 5.74) is 0. The predicted molar refractivity (Wildman–Crippen MR) is 97.1 cm³/mol. The molecule has 5 heteroatoms. The van der Waals surface area contributed by atoms with Crippen LogP contribution in [0.5, 0.6) is 0 Å². The van der Waals surface area contributed by atoms with Gasteiger partial charge in [-0.2, -0.15) is 0 Å². The topological polar surface area (TPSA) is 94.8 Å². The number of ketones is 1. The summed E-state index contributed by atoms with van der Waals surface area (Å²) in [6.45, 7) is 2.09. The molecule has 3 N–H and O–H groups in total. The Balaban J connectivity index is 2.48. The molecule has 1 aliphatic rings. The molecule has 0 aromatic carbocycles. The number of hydrogen-bond acceptors (Lipinski definition) is 4. The van der Waals surface area contributed by atoms with E-state index in [0.717, 1.165) is 19.3 Å². The number of carbonyl (C=O) groups excluding carboxylic acids is 1. The lowest BCUT2D eigenvalue weighted by Crippen LogP contribution is -2.20. The highest BCUT2D eigenvalue weighted by Gasteiger charge is 2.39. The summed E-state index contributed by atoms with van der Waals surface area (Å²) in [5, 5.41) is 28.9. The molecule has 0 heterocycles. The van der Waals surface area contributed by atoms with Crippen molar-refractivity contribution >= 4 is 11.8 Å². The maximum atomic E-state index is 11.9. The monoisotopic (exact) mass is 352 g/mol. The quantitative estimate of drug-likeness (QED) is 0.285. The molecule has 0 aromatic heterocycles. The third-order valence-corrected chi connectivity index (χ3v) is 4.78. The molecule has 5 nitrogen and oxygen atoms in total. The summed E-state index contributed by atoms with van der Waals surface area (Å²) in [7, 11) is 0. The molecule has 1 fully saturated rings. The van der Waals surface area contributed by atoms with Gasteiger partial charge in [-0.1, -0.05) is 38.0 Å². The van der Waals surface area contributed by atoms with E-state index in [2.05, 4.69) is 6.92 Å². The Morgan fingerprint density at radius 3 is 2.48 bits per heavy atom. The molecular weight excluding hydrogens is 320 g/mol. The first-order valence-electron chi connectivity index (χ1n) is 9.39. The van der Waals surface area contributed by atoms with Crippen LogP contribution < -0.4 is 0 Å². The first-order valence-corrected chi connectivity index (χ1v) is 9.39. The van der Waals surface area contributed by atoms with Gasteiger partial charge in [-0.3, -0.25) is 9.59 Å². The lowest BCUT2D eigenvalue weighted by atomic mass is 9.89. The van der Waals surface area contributed by atoms with Gasteiger partial charge in [0.15, 0.2) is 5.78 Å². The Kier molecular flexibility index (Phi) is 10.3. The van der Waals surface area contributed by atoms with Crippen LogP contribution in [0.25, 0.3) is 0 Å². The number of carboxylic acid groups (broad SMARTS) is 1. The molecule has 142 valence electrons. The van der Waals surface area contributed by atoms with Gasteiger partial charge in [0.2, 0.25) is 0 Å². The fraction of sp³-hybridized carbons (Fsp3) is 0.700. The molecule has 0 aliphatic heterocycles. The SMILES string of the molecule is CCCCCC(=O)/C=C\[C@@H]1[C@H](C/C=C\CCCC(=O)O)[C@@H](O)C[C@H]1O. The summed E-state index contributed by atoms with van der Waals surface area (Å²) in [4.78, 5) is 22.3. The van der Waals surface area contributed by atoms with E-state index in [1.165, 1.54) is 0 Å². The van der Waals surface area contributed by atoms with Gasteiger partial charge >= 0.3 is 5.97 Å². The maximum absolute atomic E-state index is 11.9. The summed E-state index contributed by atoms with van der Waals surface area (Å²) < 4.78 is 0. The van der Waals surface area contributed by atoms with Crippen molar-refractivity contribution in [2.75, 3.05) is 0 Å². The van der Waals surface area contributed by atoms with Crippen LogP contribution in [0.1, 0.15) is 64.7 Å². The van der Waals surface area contributed by atoms with Gasteiger partial charge in [-0.25, -0.2) is 0 Å². The molecule has 1 rings (SSSR count). The Bertz CT molecular complexity index is 469. The normalized spacial score (nSPS) is 26.7. The summed E-state index contributed by atoms with van der Waals surface area (Å²) in [6.07, 6.45) is 11.9. The summed E-state index contributed by atoms with van der Waals surface area (Å²) in [6, 6.07) is 0. The van der Waals surface area contributed by atoms with E-state index >= 15 is 0 Å². The number of unbranched alkanes of at least 4 members (excludes halogenated alkanes) is 3. The van der Waals surface area contributed by atoms with Crippen LogP contribution in [0, 0.1) is 11.8 Å². The molecule has 1 aliphatic carbocycles. The van der Waals surface area contributed by atoms with E-state index < -0.39 is 18.2 Å². The summed E-state index contributed by atoms with van der Waals surface area (Å²) >= 11 is 0. The van der Waals surface area contributed by atoms with E-state index in [4.69, 9.17) is 5.11 Å². The van der Waals surface area contributed by atoms with Crippen molar-refractivity contribution in [3.05, 3.63) is 24.3 Å². The number of aliphatic hydroxyl groups is 2. The molecule has 0 radical (unpaired) electrons. The highest BCUT2D eigenvalue weighted by molar-refractivity contribution is 5.89. The lowest BCUT2D eigenvalue weighted by Gasteiger charge is -2.19. The summed E-state index contributed by atoms with van der Waals surface area (Å²) in [5.74, 6) is -1.04. The van der Waals surface area contributed by atoms with Crippen molar-refractivity contribution in [2.24, 2.45) is 11.8 Å². The van der Waals surface area contributed by atoms with Gasteiger partial charge in [0.25, 0.3) is 0 Å². The fourth-order valence-corrected chi connectivity index (χ4v) is 3.30. The van der Waals surface area contributed by atoms with Gasteiger partial charge in [0.1, 0.15) is 0 Å². The fourth-order valence-electron chi connectivity index (χ4n) is 3.30. The number of allylic oxidation sites excluding steroid dienone is 3. The van der Waals surface area contributed by atoms with Crippen LogP contribution >= 0.6 is 0 Å². The van der Waals surface area contributed by atoms with Crippen molar-refractivity contribution in [1.82, 2.24) is 0 Å². The standard InChI is InChI=1S/C20H32O5/c1-2-3-6-9-15(21)12-13-17-16(18(22)14-19(17)23)10-7-4-5-8-11-20(24)25/h4,7,12-13,16-19,22-23H,2-3,5-6,8-11,14H2,1H3,(H,24,25)/b7-4-,13-12-/t16-,17+,18-,19+/m0/s1. The highest BCUT2D eigenvalue weighted by atomic mass is 16.4. The molecule has 0 saturated heterocycles. The minimum absolute atomic E-state index is 0.0741. The molecule has 25 heavy (non-hydrogen) atoms. The third kappa shape index (κ3) is 8.45. The smallest absolute Gasteiger partial charge is 0.303 e. The van der Waals surface area contributed by atoms with Crippen molar-refractivity contribution < 1.29 is 24.9 Å². The van der Waals surface area contributed by atoms with E-state index in [1.54, 1.807) is 12.2 Å². The van der Waals surface area contributed by atoms with Crippen molar-refractivity contribution in [3.63, 3.8) is 0 Å². The number of aliphatic carboxylic acids is 1. The molecular formula is C20H32O5. The van der Waals surface area contributed by atoms with Crippen LogP contribution in [0.2, 0.25) is 0 Å². The number of rotatable bonds is 12. The zero-order chi connectivity index (χ0) is 18.7. The minimum Gasteiger partial charge on any atom is -0.481 e. The van der Waals surface area contributed by atoms with Gasteiger partial charge in [-0.15, -0.1) is 0 Å². The molecule has 0 amide bonds. The zero-order valence-corrected chi connectivity index (χ0v) is 15.1. The minimum atomic E-state index is -0.795. The van der Waals surface area contributed by atoms with Gasteiger partial charge in [-0.05, 0) is 37.7 Å². The largest absolute Gasteiger partial charge is 0.481 e. The Morgan fingerprint density at radius 2 is 1.80 bits per heavy atom. The second-order valence-electron chi connectivity index (χ2n) is 6.89. The van der Waals surface area contributed by atoms with Crippen LogP contribution in [0.3, 0.4) is 0 Å². The van der Waals surface area contributed by atoms with E-state index in [0.29, 0.717) is 32.1 Å². The molecule has 0 aromatic rings. The Hall–Kier alpha value is -1.46. The molecule has 0 unspecified atom stereocenters. The zero-order valence-electron chi connectivity index (χ0n) is 15.1. The van der Waals surface area contributed by atoms with Crippen molar-refractivity contribution in [3.8, 4) is 0 Å². The van der Waals surface area contributed by atoms with Crippen molar-refractivity contribution in [2.45, 2.75) is 76.9 Å². The average molecular weight is 352 g/mol. The number of carbonyl (C=O) groups is 2. The first-order chi connectivity index (χ1) is 12.0. The lowest BCUT2D eigenvalue weighted by molar-refractivity contribution is -0.137. The van der Waals surface area contributed by atoms with Crippen LogP contribution in [0.4, 0.5) is 0 Å². The molecule has 0 spiro atoms. The van der Waals surface area contributed by atoms with Gasteiger partial charge in [0, 0.05) is 25.2 Å². The number of aliphatic hydroxyl groups excluding tert-OH is 2. The van der Waals surface area contributed by atoms with Crippen LogP contribution in [-0.4, -0.2) is 39.3 Å². The number of carboxylic acids is 1. The van der Waals surface area contributed by atoms with E-state index in [9.17, 15) is 19.8 Å².